The molecule has 156 valence electrons. The fourth-order valence-electron chi connectivity index (χ4n) is 2.20. The molecule has 2 N–H and O–H groups in total. The van der Waals surface area contributed by atoms with Crippen molar-refractivity contribution in [3.8, 4) is 0 Å². The number of benzene rings is 1. The molecule has 0 unspecified atom stereocenters. The van der Waals surface area contributed by atoms with E-state index < -0.39 is 11.9 Å². The number of hydrogen-bond acceptors (Lipinski definition) is 4. The predicted molar refractivity (Wildman–Crippen MR) is 116 cm³/mol. The Morgan fingerprint density at radius 2 is 1.93 bits per heavy atom. The van der Waals surface area contributed by atoms with Crippen LogP contribution in [0.25, 0.3) is 0 Å². The van der Waals surface area contributed by atoms with Crippen LogP contribution in [0.3, 0.4) is 0 Å². The Morgan fingerprint density at radius 3 is 2.57 bits per heavy atom. The molecule has 0 aliphatic heterocycles. The van der Waals surface area contributed by atoms with Gasteiger partial charge in [0.1, 0.15) is 5.01 Å². The van der Waals surface area contributed by atoms with Gasteiger partial charge in [0.15, 0.2) is 11.7 Å². The van der Waals surface area contributed by atoms with Gasteiger partial charge < -0.3 is 15.4 Å². The summed E-state index contributed by atoms with van der Waals surface area (Å²) < 4.78 is 43.2. The zero-order valence-electron chi connectivity index (χ0n) is 15.5. The van der Waals surface area contributed by atoms with Crippen LogP contribution >= 0.6 is 35.3 Å². The SMILES string of the molecule is CN=C(NCCCCOCc1ccccc1)NCc1nc(C(F)(F)F)cs1.I. The number of aromatic nitrogens is 1. The molecule has 28 heavy (non-hydrogen) atoms. The van der Waals surface area contributed by atoms with Gasteiger partial charge in [-0.3, -0.25) is 4.99 Å². The van der Waals surface area contributed by atoms with Crippen LogP contribution in [0.5, 0.6) is 0 Å². The second-order valence-corrected chi connectivity index (χ2v) is 6.66. The van der Waals surface area contributed by atoms with Gasteiger partial charge in [0, 0.05) is 25.6 Å². The lowest BCUT2D eigenvalue weighted by Crippen LogP contribution is -2.37. The van der Waals surface area contributed by atoms with E-state index in [0.717, 1.165) is 35.1 Å². The molecular weight excluding hydrogens is 504 g/mol. The number of hydrogen-bond donors (Lipinski definition) is 2. The van der Waals surface area contributed by atoms with Crippen molar-refractivity contribution < 1.29 is 17.9 Å². The summed E-state index contributed by atoms with van der Waals surface area (Å²) in [5.74, 6) is 0.531. The first-order valence-electron chi connectivity index (χ1n) is 8.57. The minimum atomic E-state index is -4.41. The smallest absolute Gasteiger partial charge is 0.377 e. The van der Waals surface area contributed by atoms with Gasteiger partial charge >= 0.3 is 6.18 Å². The third-order valence-electron chi connectivity index (χ3n) is 3.59. The van der Waals surface area contributed by atoms with Crippen LogP contribution in [-0.2, 0) is 24.1 Å². The summed E-state index contributed by atoms with van der Waals surface area (Å²) in [6, 6.07) is 9.99. The van der Waals surface area contributed by atoms with Gasteiger partial charge in [-0.15, -0.1) is 35.3 Å². The Morgan fingerprint density at radius 1 is 1.18 bits per heavy atom. The van der Waals surface area contributed by atoms with Gasteiger partial charge in [-0.25, -0.2) is 4.98 Å². The molecule has 0 fully saturated rings. The van der Waals surface area contributed by atoms with Crippen molar-refractivity contribution in [1.29, 1.82) is 0 Å². The van der Waals surface area contributed by atoms with E-state index in [2.05, 4.69) is 20.6 Å². The first-order chi connectivity index (χ1) is 13.0. The summed E-state index contributed by atoms with van der Waals surface area (Å²) in [7, 11) is 1.61. The number of guanidine groups is 1. The number of aliphatic imine (C=N–C) groups is 1. The normalized spacial score (nSPS) is 11.8. The van der Waals surface area contributed by atoms with Crippen LogP contribution < -0.4 is 10.6 Å². The van der Waals surface area contributed by atoms with Gasteiger partial charge in [-0.05, 0) is 18.4 Å². The van der Waals surface area contributed by atoms with Gasteiger partial charge in [-0.2, -0.15) is 13.2 Å². The number of alkyl halides is 3. The Bertz CT molecular complexity index is 710. The Kier molecular flexibility index (Phi) is 11.4. The molecule has 1 aromatic heterocycles. The zero-order chi connectivity index (χ0) is 19.5. The van der Waals surface area contributed by atoms with Crippen LogP contribution in [0.2, 0.25) is 0 Å². The molecule has 0 radical (unpaired) electrons. The standard InChI is InChI=1S/C18H23F3N4OS.HI/c1-22-17(24-11-16-25-15(13-27-16)18(19,20)21)23-9-5-6-10-26-12-14-7-3-2-4-8-14;/h2-4,7-8,13H,5-6,9-12H2,1H3,(H2,22,23,24);1H. The van der Waals surface area contributed by atoms with Crippen LogP contribution in [0.1, 0.15) is 29.1 Å². The summed E-state index contributed by atoms with van der Waals surface area (Å²) in [5.41, 5.74) is 0.291. The molecule has 5 nitrogen and oxygen atoms in total. The van der Waals surface area contributed by atoms with E-state index in [0.29, 0.717) is 30.7 Å². The molecule has 10 heteroatoms. The van der Waals surface area contributed by atoms with Crippen molar-refractivity contribution in [2.45, 2.75) is 32.2 Å². The molecule has 0 saturated heterocycles. The van der Waals surface area contributed by atoms with Crippen LogP contribution in [0.4, 0.5) is 13.2 Å². The molecule has 0 bridgehead atoms. The van der Waals surface area contributed by atoms with Crippen LogP contribution in [-0.4, -0.2) is 31.1 Å². The second kappa shape index (κ2) is 12.9. The fourth-order valence-corrected chi connectivity index (χ4v) is 2.94. The molecule has 2 rings (SSSR count). The maximum atomic E-state index is 12.5. The Balaban J connectivity index is 0.00000392. The summed E-state index contributed by atoms with van der Waals surface area (Å²) >= 11 is 0.972. The number of unbranched alkanes of at least 4 members (excludes halogenated alkanes) is 1. The largest absolute Gasteiger partial charge is 0.434 e. The highest BCUT2D eigenvalue weighted by atomic mass is 127. The average molecular weight is 528 g/mol. The maximum Gasteiger partial charge on any atom is 0.434 e. The monoisotopic (exact) mass is 528 g/mol. The summed E-state index contributed by atoms with van der Waals surface area (Å²) in [4.78, 5) is 7.62. The van der Waals surface area contributed by atoms with Gasteiger partial charge in [0.2, 0.25) is 0 Å². The summed E-state index contributed by atoms with van der Waals surface area (Å²) in [6.45, 7) is 2.16. The highest BCUT2D eigenvalue weighted by Gasteiger charge is 2.33. The van der Waals surface area contributed by atoms with Crippen molar-refractivity contribution >= 4 is 41.3 Å². The molecular formula is C18H24F3IN4OS. The van der Waals surface area contributed by atoms with E-state index in [1.807, 2.05) is 30.3 Å². The fraction of sp³-hybridized carbons (Fsp3) is 0.444. The van der Waals surface area contributed by atoms with Crippen molar-refractivity contribution in [1.82, 2.24) is 15.6 Å². The van der Waals surface area contributed by atoms with E-state index >= 15 is 0 Å². The number of rotatable bonds is 9. The first kappa shape index (κ1) is 24.6. The molecule has 0 aliphatic rings. The topological polar surface area (TPSA) is 58.5 Å². The van der Waals surface area contributed by atoms with E-state index in [4.69, 9.17) is 4.74 Å². The molecule has 0 atom stereocenters. The van der Waals surface area contributed by atoms with Gasteiger partial charge in [-0.1, -0.05) is 30.3 Å². The average Bonchev–Trinajstić information content (AvgIpc) is 3.14. The van der Waals surface area contributed by atoms with E-state index in [1.165, 1.54) is 0 Å². The molecule has 1 aromatic carbocycles. The third-order valence-corrected chi connectivity index (χ3v) is 4.44. The van der Waals surface area contributed by atoms with Crippen molar-refractivity contribution in [2.24, 2.45) is 4.99 Å². The third kappa shape index (κ3) is 9.20. The quantitative estimate of drug-likeness (QED) is 0.219. The van der Waals surface area contributed by atoms with Crippen molar-refractivity contribution in [2.75, 3.05) is 20.2 Å². The summed E-state index contributed by atoms with van der Waals surface area (Å²) in [5, 5.41) is 7.46. The lowest BCUT2D eigenvalue weighted by molar-refractivity contribution is -0.140. The van der Waals surface area contributed by atoms with E-state index in [-0.39, 0.29) is 30.5 Å². The van der Waals surface area contributed by atoms with E-state index in [1.54, 1.807) is 7.05 Å². The van der Waals surface area contributed by atoms with E-state index in [9.17, 15) is 13.2 Å². The van der Waals surface area contributed by atoms with Crippen LogP contribution in [0.15, 0.2) is 40.7 Å². The van der Waals surface area contributed by atoms with Gasteiger partial charge in [0.05, 0.1) is 13.2 Å². The first-order valence-corrected chi connectivity index (χ1v) is 9.45. The molecule has 0 aliphatic carbocycles. The number of nitrogens with zero attached hydrogens (tertiary/aromatic N) is 2. The highest BCUT2D eigenvalue weighted by Crippen LogP contribution is 2.29. The minimum absolute atomic E-state index is 0. The zero-order valence-corrected chi connectivity index (χ0v) is 18.6. The molecule has 0 spiro atoms. The lowest BCUT2D eigenvalue weighted by Gasteiger charge is -2.11. The van der Waals surface area contributed by atoms with Crippen molar-refractivity contribution in [3.05, 3.63) is 52.0 Å². The van der Waals surface area contributed by atoms with Crippen LogP contribution in [0, 0.1) is 0 Å². The maximum absolute atomic E-state index is 12.5. The second-order valence-electron chi connectivity index (χ2n) is 5.72. The molecule has 2 aromatic rings. The minimum Gasteiger partial charge on any atom is -0.377 e. The highest BCUT2D eigenvalue weighted by molar-refractivity contribution is 14.0. The number of halogens is 4. The predicted octanol–water partition coefficient (Wildman–Crippen LogP) is 4.44. The van der Waals surface area contributed by atoms with Gasteiger partial charge in [0.25, 0.3) is 0 Å². The Hall–Kier alpha value is -1.40. The molecule has 1 heterocycles. The number of thiazole rings is 1. The summed E-state index contributed by atoms with van der Waals surface area (Å²) in [6.07, 6.45) is -2.61. The molecule has 0 amide bonds. The lowest BCUT2D eigenvalue weighted by atomic mass is 10.2. The number of ether oxygens (including phenoxy) is 1. The molecule has 0 saturated carbocycles. The number of nitrogens with one attached hydrogen (secondary N) is 2. The van der Waals surface area contributed by atoms with Crippen molar-refractivity contribution in [3.63, 3.8) is 0 Å². The Labute approximate surface area is 183 Å².